The second-order valence-corrected chi connectivity index (χ2v) is 5.62. The van der Waals surface area contributed by atoms with Gasteiger partial charge < -0.3 is 10.1 Å². The number of rotatable bonds is 5. The normalized spacial score (nSPS) is 24.4. The van der Waals surface area contributed by atoms with Crippen molar-refractivity contribution < 1.29 is 4.74 Å². The summed E-state index contributed by atoms with van der Waals surface area (Å²) in [5.74, 6) is 1.34. The molecule has 4 heteroatoms. The van der Waals surface area contributed by atoms with Gasteiger partial charge in [-0.25, -0.2) is 4.98 Å². The highest BCUT2D eigenvalue weighted by atomic mass is 16.5. The quantitative estimate of drug-likeness (QED) is 0.897. The summed E-state index contributed by atoms with van der Waals surface area (Å²) in [5.41, 5.74) is 1.30. The molecule has 0 aromatic carbocycles. The molecule has 1 fully saturated rings. The molecule has 1 aliphatic rings. The molecule has 2 heterocycles. The van der Waals surface area contributed by atoms with E-state index in [1.807, 2.05) is 12.3 Å². The van der Waals surface area contributed by atoms with Crippen LogP contribution < -0.4 is 10.1 Å². The maximum absolute atomic E-state index is 5.16. The summed E-state index contributed by atoms with van der Waals surface area (Å²) in [5, 5.41) is 3.52. The van der Waals surface area contributed by atoms with Crippen molar-refractivity contribution in [3.63, 3.8) is 0 Å². The lowest BCUT2D eigenvalue weighted by Crippen LogP contribution is -2.35. The van der Waals surface area contributed by atoms with Gasteiger partial charge in [0.1, 0.15) is 0 Å². The second kappa shape index (κ2) is 7.60. The van der Waals surface area contributed by atoms with Crippen LogP contribution in [-0.4, -0.2) is 43.7 Å². The topological polar surface area (TPSA) is 37.4 Å². The summed E-state index contributed by atoms with van der Waals surface area (Å²) in [6, 6.07) is 4.59. The third-order valence-electron chi connectivity index (χ3n) is 4.22. The average molecular weight is 277 g/mol. The molecule has 112 valence electrons. The molecule has 0 amide bonds. The third kappa shape index (κ3) is 3.70. The Balaban J connectivity index is 2.19. The van der Waals surface area contributed by atoms with E-state index < -0.39 is 0 Å². The predicted octanol–water partition coefficient (Wildman–Crippen LogP) is 2.47. The van der Waals surface area contributed by atoms with Crippen LogP contribution in [-0.2, 0) is 0 Å². The van der Waals surface area contributed by atoms with Gasteiger partial charge in [-0.05, 0) is 51.0 Å². The molecule has 1 saturated heterocycles. The number of methoxy groups -OCH3 is 1. The van der Waals surface area contributed by atoms with E-state index in [0.29, 0.717) is 17.8 Å². The summed E-state index contributed by atoms with van der Waals surface area (Å²) in [6.45, 7) is 5.45. The maximum Gasteiger partial charge on any atom is 0.212 e. The number of hydrogen-bond donors (Lipinski definition) is 1. The number of likely N-dealkylation sites (tertiary alicyclic amines) is 1. The highest BCUT2D eigenvalue weighted by molar-refractivity contribution is 5.22. The molecule has 0 aliphatic carbocycles. The predicted molar refractivity (Wildman–Crippen MR) is 82.0 cm³/mol. The van der Waals surface area contributed by atoms with E-state index in [2.05, 4.69) is 35.2 Å². The monoisotopic (exact) mass is 277 g/mol. The molecule has 4 nitrogen and oxygen atoms in total. The Labute approximate surface area is 122 Å². The summed E-state index contributed by atoms with van der Waals surface area (Å²) >= 11 is 0. The van der Waals surface area contributed by atoms with Crippen LogP contribution in [0, 0.1) is 5.92 Å². The number of hydrogen-bond acceptors (Lipinski definition) is 4. The molecule has 0 radical (unpaired) electrons. The van der Waals surface area contributed by atoms with E-state index in [-0.39, 0.29) is 0 Å². The van der Waals surface area contributed by atoms with Crippen LogP contribution in [0.25, 0.3) is 0 Å². The maximum atomic E-state index is 5.16. The fourth-order valence-electron chi connectivity index (χ4n) is 3.18. The van der Waals surface area contributed by atoms with Crippen LogP contribution in [0.1, 0.15) is 37.8 Å². The summed E-state index contributed by atoms with van der Waals surface area (Å²) in [6.07, 6.45) is 5.87. The minimum atomic E-state index is 0.454. The van der Waals surface area contributed by atoms with Gasteiger partial charge in [0.25, 0.3) is 0 Å². The first-order chi connectivity index (χ1) is 9.76. The van der Waals surface area contributed by atoms with Crippen molar-refractivity contribution in [2.24, 2.45) is 5.92 Å². The van der Waals surface area contributed by atoms with Crippen LogP contribution in [0.4, 0.5) is 0 Å². The molecule has 0 saturated carbocycles. The Morgan fingerprint density at radius 3 is 2.90 bits per heavy atom. The number of nitrogens with zero attached hydrogens (tertiary/aromatic N) is 2. The van der Waals surface area contributed by atoms with Gasteiger partial charge in [0, 0.05) is 18.3 Å². The van der Waals surface area contributed by atoms with E-state index in [0.717, 1.165) is 13.1 Å². The second-order valence-electron chi connectivity index (χ2n) is 5.62. The van der Waals surface area contributed by atoms with E-state index in [9.17, 15) is 0 Å². The molecule has 1 aromatic rings. The zero-order valence-electron chi connectivity index (χ0n) is 12.9. The molecular weight excluding hydrogens is 250 g/mol. The first-order valence-electron chi connectivity index (χ1n) is 7.67. The van der Waals surface area contributed by atoms with Gasteiger partial charge in [0.15, 0.2) is 0 Å². The number of ether oxygens (including phenoxy) is 1. The van der Waals surface area contributed by atoms with Crippen molar-refractivity contribution in [1.29, 1.82) is 0 Å². The molecule has 2 unspecified atom stereocenters. The molecule has 0 bridgehead atoms. The minimum Gasteiger partial charge on any atom is -0.481 e. The lowest BCUT2D eigenvalue weighted by Gasteiger charge is -2.32. The van der Waals surface area contributed by atoms with Gasteiger partial charge in [0.2, 0.25) is 5.88 Å². The Kier molecular flexibility index (Phi) is 5.80. The number of pyridine rings is 1. The van der Waals surface area contributed by atoms with Crippen molar-refractivity contribution in [3.05, 3.63) is 23.9 Å². The van der Waals surface area contributed by atoms with Gasteiger partial charge in [-0.15, -0.1) is 0 Å². The van der Waals surface area contributed by atoms with Gasteiger partial charge in [0.05, 0.1) is 7.11 Å². The Hall–Kier alpha value is -1.13. The van der Waals surface area contributed by atoms with Gasteiger partial charge >= 0.3 is 0 Å². The summed E-state index contributed by atoms with van der Waals surface area (Å²) in [4.78, 5) is 6.87. The van der Waals surface area contributed by atoms with Crippen LogP contribution >= 0.6 is 0 Å². The Morgan fingerprint density at radius 1 is 1.40 bits per heavy atom. The molecule has 2 atom stereocenters. The SMILES string of the molecule is CCNCC1CCCCN(C)C1c1ccc(OC)nc1. The van der Waals surface area contributed by atoms with Crippen LogP contribution in [0.3, 0.4) is 0 Å². The summed E-state index contributed by atoms with van der Waals surface area (Å²) in [7, 11) is 3.90. The van der Waals surface area contributed by atoms with Crippen molar-refractivity contribution in [1.82, 2.24) is 15.2 Å². The molecule has 0 spiro atoms. The van der Waals surface area contributed by atoms with Crippen LogP contribution in [0.15, 0.2) is 18.3 Å². The molecule has 1 aromatic heterocycles. The Bertz CT molecular complexity index is 393. The Morgan fingerprint density at radius 2 is 2.25 bits per heavy atom. The first-order valence-corrected chi connectivity index (χ1v) is 7.67. The van der Waals surface area contributed by atoms with E-state index in [1.54, 1.807) is 7.11 Å². The van der Waals surface area contributed by atoms with Crippen molar-refractivity contribution in [2.45, 2.75) is 32.2 Å². The third-order valence-corrected chi connectivity index (χ3v) is 4.22. The molecule has 2 rings (SSSR count). The molecule has 1 N–H and O–H groups in total. The van der Waals surface area contributed by atoms with Gasteiger partial charge in [-0.2, -0.15) is 0 Å². The minimum absolute atomic E-state index is 0.454. The fraction of sp³-hybridized carbons (Fsp3) is 0.688. The number of nitrogens with one attached hydrogen (secondary N) is 1. The zero-order chi connectivity index (χ0) is 14.4. The van der Waals surface area contributed by atoms with Crippen molar-refractivity contribution in [3.8, 4) is 5.88 Å². The largest absolute Gasteiger partial charge is 0.481 e. The smallest absolute Gasteiger partial charge is 0.212 e. The fourth-order valence-corrected chi connectivity index (χ4v) is 3.18. The molecular formula is C16H27N3O. The first kappa shape index (κ1) is 15.3. The van der Waals surface area contributed by atoms with E-state index in [1.165, 1.54) is 31.4 Å². The standard InChI is InChI=1S/C16H27N3O/c1-4-17-11-13-7-5-6-10-19(2)16(13)14-8-9-15(20-3)18-12-14/h8-9,12-13,16-17H,4-7,10-11H2,1-3H3. The lowest BCUT2D eigenvalue weighted by molar-refractivity contribution is 0.189. The van der Waals surface area contributed by atoms with Crippen molar-refractivity contribution in [2.75, 3.05) is 33.8 Å². The summed E-state index contributed by atoms with van der Waals surface area (Å²) < 4.78 is 5.16. The highest BCUT2D eigenvalue weighted by Crippen LogP contribution is 2.33. The molecule has 20 heavy (non-hydrogen) atoms. The highest BCUT2D eigenvalue weighted by Gasteiger charge is 2.28. The van der Waals surface area contributed by atoms with Gasteiger partial charge in [-0.3, -0.25) is 4.90 Å². The average Bonchev–Trinajstić information content (AvgIpc) is 2.67. The van der Waals surface area contributed by atoms with Crippen molar-refractivity contribution >= 4 is 0 Å². The molecule has 1 aliphatic heterocycles. The van der Waals surface area contributed by atoms with Gasteiger partial charge in [-0.1, -0.05) is 19.4 Å². The van der Waals surface area contributed by atoms with E-state index >= 15 is 0 Å². The lowest BCUT2D eigenvalue weighted by atomic mass is 9.90. The van der Waals surface area contributed by atoms with E-state index in [4.69, 9.17) is 4.74 Å². The number of aromatic nitrogens is 1. The van der Waals surface area contributed by atoms with Crippen LogP contribution in [0.2, 0.25) is 0 Å². The zero-order valence-corrected chi connectivity index (χ0v) is 12.9. The van der Waals surface area contributed by atoms with Crippen LogP contribution in [0.5, 0.6) is 5.88 Å².